The minimum Gasteiger partial charge on any atom is -0.438 e. The Kier molecular flexibility index (Phi) is 3.25. The van der Waals surface area contributed by atoms with Crippen LogP contribution in [0.15, 0.2) is 0 Å². The third-order valence-electron chi connectivity index (χ3n) is 2.96. The van der Waals surface area contributed by atoms with E-state index in [-0.39, 0.29) is 0 Å². The van der Waals surface area contributed by atoms with E-state index >= 15 is 0 Å². The molecule has 1 aliphatic rings. The lowest BCUT2D eigenvalue weighted by molar-refractivity contribution is -0.127. The molecule has 0 saturated carbocycles. The molecule has 0 aromatic carbocycles. The van der Waals surface area contributed by atoms with Gasteiger partial charge in [-0.05, 0) is 27.2 Å². The van der Waals surface area contributed by atoms with Crippen LogP contribution in [0.5, 0.6) is 0 Å². The number of hydrogen-bond acceptors (Lipinski definition) is 4. The molecule has 1 N–H and O–H groups in total. The van der Waals surface area contributed by atoms with Crippen LogP contribution in [0.2, 0.25) is 0 Å². The van der Waals surface area contributed by atoms with Crippen LogP contribution >= 0.6 is 0 Å². The van der Waals surface area contributed by atoms with Crippen LogP contribution in [0.4, 0.5) is 4.79 Å². The number of ether oxygens (including phenoxy) is 2. The van der Waals surface area contributed by atoms with Gasteiger partial charge in [0.25, 0.3) is 0 Å². The van der Waals surface area contributed by atoms with Crippen molar-refractivity contribution in [3.63, 3.8) is 0 Å². The molecule has 1 fully saturated rings. The van der Waals surface area contributed by atoms with Gasteiger partial charge in [0.15, 0.2) is 11.3 Å². The highest BCUT2D eigenvalue weighted by Crippen LogP contribution is 2.36. The summed E-state index contributed by atoms with van der Waals surface area (Å²) in [5, 5.41) is 10.2. The fourth-order valence-corrected chi connectivity index (χ4v) is 1.55. The molecule has 1 atom stereocenters. The van der Waals surface area contributed by atoms with Gasteiger partial charge in [-0.1, -0.05) is 0 Å². The number of cyclic esters (lactones) is 1. The van der Waals surface area contributed by atoms with Crippen molar-refractivity contribution in [2.75, 3.05) is 20.3 Å². The smallest absolute Gasteiger partial charge is 0.412 e. The highest BCUT2D eigenvalue weighted by Gasteiger charge is 2.56. The Morgan fingerprint density at radius 3 is 2.47 bits per heavy atom. The Hall–Kier alpha value is -0.810. The predicted octanol–water partition coefficient (Wildman–Crippen LogP) is 0.962. The molecule has 0 radical (unpaired) electrons. The third kappa shape index (κ3) is 2.08. The maximum atomic E-state index is 11.5. The molecule has 1 heterocycles. The first-order valence-corrected chi connectivity index (χ1v) is 5.05. The minimum absolute atomic E-state index is 0.434. The molecule has 0 aromatic heterocycles. The number of aliphatic hydroxyl groups is 1. The first-order valence-electron chi connectivity index (χ1n) is 5.05. The summed E-state index contributed by atoms with van der Waals surface area (Å²) in [7, 11) is 1.60. The van der Waals surface area contributed by atoms with Gasteiger partial charge in [-0.2, -0.15) is 0 Å². The zero-order valence-electron chi connectivity index (χ0n) is 9.74. The lowest BCUT2D eigenvalue weighted by atomic mass is 9.96. The van der Waals surface area contributed by atoms with E-state index in [0.29, 0.717) is 19.6 Å². The molecule has 15 heavy (non-hydrogen) atoms. The van der Waals surface area contributed by atoms with Gasteiger partial charge < -0.3 is 14.6 Å². The first-order chi connectivity index (χ1) is 6.83. The maximum Gasteiger partial charge on any atom is 0.412 e. The third-order valence-corrected chi connectivity index (χ3v) is 2.96. The molecule has 0 bridgehead atoms. The van der Waals surface area contributed by atoms with Crippen LogP contribution in [-0.4, -0.2) is 47.7 Å². The van der Waals surface area contributed by atoms with Crippen molar-refractivity contribution in [1.82, 2.24) is 4.90 Å². The lowest BCUT2D eigenvalue weighted by Gasteiger charge is -2.34. The fraction of sp³-hybridized carbons (Fsp3) is 0.900. The van der Waals surface area contributed by atoms with Crippen LogP contribution < -0.4 is 0 Å². The van der Waals surface area contributed by atoms with Crippen LogP contribution in [0.3, 0.4) is 0 Å². The van der Waals surface area contributed by atoms with Crippen LogP contribution in [0, 0.1) is 0 Å². The summed E-state index contributed by atoms with van der Waals surface area (Å²) in [6.07, 6.45) is 0.207. The number of carbonyl (C=O) groups excluding carboxylic acids is 1. The van der Waals surface area contributed by atoms with Crippen molar-refractivity contribution in [3.05, 3.63) is 0 Å². The molecule has 0 spiro atoms. The average molecular weight is 217 g/mol. The van der Waals surface area contributed by atoms with Gasteiger partial charge in [-0.25, -0.2) is 4.79 Å². The van der Waals surface area contributed by atoms with E-state index in [9.17, 15) is 9.90 Å². The number of nitrogens with zero attached hydrogens (tertiary/aromatic N) is 1. The van der Waals surface area contributed by atoms with Crippen molar-refractivity contribution in [1.29, 1.82) is 0 Å². The average Bonchev–Trinajstić information content (AvgIpc) is 2.23. The quantitative estimate of drug-likeness (QED) is 0.713. The maximum absolute atomic E-state index is 11.5. The highest BCUT2D eigenvalue weighted by molar-refractivity contribution is 5.72. The van der Waals surface area contributed by atoms with Gasteiger partial charge in [-0.3, -0.25) is 4.90 Å². The monoisotopic (exact) mass is 217 g/mol. The lowest BCUT2D eigenvalue weighted by Crippen LogP contribution is -2.53. The Bertz CT molecular complexity index is 250. The van der Waals surface area contributed by atoms with E-state index in [1.807, 2.05) is 0 Å². The van der Waals surface area contributed by atoms with Crippen molar-refractivity contribution < 1.29 is 19.4 Å². The summed E-state index contributed by atoms with van der Waals surface area (Å²) in [6.45, 7) is 5.97. The van der Waals surface area contributed by atoms with Gasteiger partial charge in [0.1, 0.15) is 0 Å². The number of carbonyl (C=O) groups is 1. The molecule has 88 valence electrons. The van der Waals surface area contributed by atoms with E-state index in [1.165, 1.54) is 4.90 Å². The minimum atomic E-state index is -1.27. The number of hydrogen-bond donors (Lipinski definition) is 1. The van der Waals surface area contributed by atoms with Crippen molar-refractivity contribution in [3.8, 4) is 0 Å². The molecule has 1 unspecified atom stereocenters. The van der Waals surface area contributed by atoms with Gasteiger partial charge in [-0.15, -0.1) is 0 Å². The molecular formula is C10H19NO4. The van der Waals surface area contributed by atoms with Crippen molar-refractivity contribution >= 4 is 6.09 Å². The summed E-state index contributed by atoms with van der Waals surface area (Å²) in [4.78, 5) is 12.8. The largest absolute Gasteiger partial charge is 0.438 e. The summed E-state index contributed by atoms with van der Waals surface area (Å²) in [5.74, 6) is 0. The second kappa shape index (κ2) is 3.98. The summed E-state index contributed by atoms with van der Waals surface area (Å²) in [6, 6.07) is 0. The van der Waals surface area contributed by atoms with Gasteiger partial charge in [0.05, 0.1) is 0 Å². The number of methoxy groups -OCH3 is 1. The van der Waals surface area contributed by atoms with Crippen LogP contribution in [-0.2, 0) is 9.47 Å². The Labute approximate surface area is 90.0 Å². The SMILES string of the molecule is COCCCN1C(=O)OC(C)(C)C1(C)O. The first kappa shape index (κ1) is 12.3. The topological polar surface area (TPSA) is 59.0 Å². The summed E-state index contributed by atoms with van der Waals surface area (Å²) >= 11 is 0. The normalized spacial score (nSPS) is 29.4. The Morgan fingerprint density at radius 1 is 1.47 bits per heavy atom. The van der Waals surface area contributed by atoms with Crippen LogP contribution in [0.25, 0.3) is 0 Å². The summed E-state index contributed by atoms with van der Waals surface area (Å²) < 4.78 is 10.0. The van der Waals surface area contributed by atoms with Gasteiger partial charge in [0.2, 0.25) is 0 Å². The molecule has 5 heteroatoms. The van der Waals surface area contributed by atoms with E-state index < -0.39 is 17.4 Å². The molecule has 0 aromatic rings. The summed E-state index contributed by atoms with van der Waals surface area (Å²) in [5.41, 5.74) is -2.14. The molecule has 5 nitrogen and oxygen atoms in total. The van der Waals surface area contributed by atoms with Crippen molar-refractivity contribution in [2.24, 2.45) is 0 Å². The molecule has 1 aliphatic heterocycles. The number of rotatable bonds is 4. The molecule has 1 saturated heterocycles. The van der Waals surface area contributed by atoms with Crippen LogP contribution in [0.1, 0.15) is 27.2 Å². The van der Waals surface area contributed by atoms with Gasteiger partial charge >= 0.3 is 6.09 Å². The second-order valence-corrected chi connectivity index (χ2v) is 4.40. The Balaban J connectivity index is 2.67. The fourth-order valence-electron chi connectivity index (χ4n) is 1.55. The molecular weight excluding hydrogens is 198 g/mol. The molecule has 1 amide bonds. The van der Waals surface area contributed by atoms with E-state index in [2.05, 4.69) is 0 Å². The Morgan fingerprint density at radius 2 is 2.07 bits per heavy atom. The highest BCUT2D eigenvalue weighted by atomic mass is 16.6. The number of amides is 1. The molecule has 1 rings (SSSR count). The zero-order chi connectivity index (χ0) is 11.7. The zero-order valence-corrected chi connectivity index (χ0v) is 9.74. The van der Waals surface area contributed by atoms with Crippen molar-refractivity contribution in [2.45, 2.75) is 38.5 Å². The molecule has 0 aliphatic carbocycles. The van der Waals surface area contributed by atoms with E-state index in [4.69, 9.17) is 9.47 Å². The second-order valence-electron chi connectivity index (χ2n) is 4.40. The van der Waals surface area contributed by atoms with E-state index in [1.54, 1.807) is 27.9 Å². The van der Waals surface area contributed by atoms with Gasteiger partial charge in [0, 0.05) is 20.3 Å². The standard InChI is InChI=1S/C10H19NO4/c1-9(2)10(3,13)11(8(12)15-9)6-5-7-14-4/h13H,5-7H2,1-4H3. The van der Waals surface area contributed by atoms with E-state index in [0.717, 1.165) is 0 Å². The predicted molar refractivity (Wildman–Crippen MR) is 54.4 cm³/mol.